The van der Waals surface area contributed by atoms with Gasteiger partial charge in [-0.15, -0.1) is 0 Å². The van der Waals surface area contributed by atoms with Crippen molar-refractivity contribution in [2.75, 3.05) is 32.1 Å². The molecule has 0 radical (unpaired) electrons. The molecular formula is C18H23FN4O2. The second-order valence-electron chi connectivity index (χ2n) is 6.28. The van der Waals surface area contributed by atoms with E-state index in [4.69, 9.17) is 4.74 Å². The van der Waals surface area contributed by atoms with Crippen molar-refractivity contribution in [2.24, 2.45) is 0 Å². The van der Waals surface area contributed by atoms with Gasteiger partial charge < -0.3 is 15.0 Å². The maximum absolute atomic E-state index is 12.3. The van der Waals surface area contributed by atoms with Gasteiger partial charge in [0.05, 0.1) is 18.4 Å². The zero-order valence-electron chi connectivity index (χ0n) is 14.3. The Morgan fingerprint density at radius 1 is 1.32 bits per heavy atom. The molecule has 7 heteroatoms. The van der Waals surface area contributed by atoms with Crippen molar-refractivity contribution >= 4 is 11.6 Å². The third-order valence-corrected chi connectivity index (χ3v) is 4.29. The van der Waals surface area contributed by atoms with E-state index in [1.807, 2.05) is 12.1 Å². The van der Waals surface area contributed by atoms with Gasteiger partial charge in [0.15, 0.2) is 0 Å². The van der Waals surface area contributed by atoms with Gasteiger partial charge in [-0.1, -0.05) is 0 Å². The fourth-order valence-electron chi connectivity index (χ4n) is 2.82. The average molecular weight is 346 g/mol. The number of ether oxygens (including phenoxy) is 1. The van der Waals surface area contributed by atoms with E-state index < -0.39 is 6.67 Å². The van der Waals surface area contributed by atoms with Gasteiger partial charge in [0, 0.05) is 24.8 Å². The minimum atomic E-state index is -0.492. The number of piperidine rings is 1. The summed E-state index contributed by atoms with van der Waals surface area (Å²) >= 11 is 0. The topological polar surface area (TPSA) is 59.4 Å². The molecule has 0 unspecified atom stereocenters. The highest BCUT2D eigenvalue weighted by Gasteiger charge is 2.18. The van der Waals surface area contributed by atoms with E-state index in [-0.39, 0.29) is 18.6 Å². The molecule has 3 rings (SSSR count). The summed E-state index contributed by atoms with van der Waals surface area (Å²) < 4.78 is 19.7. The van der Waals surface area contributed by atoms with E-state index in [0.29, 0.717) is 11.3 Å². The Labute approximate surface area is 146 Å². The third kappa shape index (κ3) is 4.79. The molecule has 1 aromatic carbocycles. The van der Waals surface area contributed by atoms with E-state index in [2.05, 4.69) is 22.4 Å². The van der Waals surface area contributed by atoms with Gasteiger partial charge in [0.25, 0.3) is 5.91 Å². The Morgan fingerprint density at radius 3 is 2.72 bits per heavy atom. The number of hydrogen-bond acceptors (Lipinski definition) is 4. The van der Waals surface area contributed by atoms with E-state index >= 15 is 0 Å². The second kappa shape index (κ2) is 8.11. The number of hydrogen-bond donors (Lipinski definition) is 1. The highest BCUT2D eigenvalue weighted by Crippen LogP contribution is 2.19. The lowest BCUT2D eigenvalue weighted by Gasteiger charge is -2.29. The number of amides is 1. The van der Waals surface area contributed by atoms with Crippen LogP contribution in [0.4, 0.5) is 10.1 Å². The van der Waals surface area contributed by atoms with Gasteiger partial charge in [-0.05, 0) is 44.2 Å². The summed E-state index contributed by atoms with van der Waals surface area (Å²) in [5.74, 6) is 0.549. The molecule has 0 spiro atoms. The van der Waals surface area contributed by atoms with Crippen LogP contribution in [0.15, 0.2) is 36.7 Å². The van der Waals surface area contributed by atoms with Gasteiger partial charge in [-0.3, -0.25) is 9.48 Å². The largest absolute Gasteiger partial charge is 0.490 e. The molecule has 1 N–H and O–H groups in total. The standard InChI is InChI=1S/C18H23FN4O2/c1-22-9-6-17(7-10-22)25-16-4-2-14(3-5-16)18(24)21-15-12-20-23(13-15)11-8-19/h2-5,12-13,17H,6-11H2,1H3,(H,21,24). The Morgan fingerprint density at radius 2 is 2.04 bits per heavy atom. The Balaban J connectivity index is 1.54. The number of aryl methyl sites for hydroxylation is 1. The van der Waals surface area contributed by atoms with Gasteiger partial charge in [-0.2, -0.15) is 5.10 Å². The number of nitrogens with zero attached hydrogens (tertiary/aromatic N) is 3. The lowest BCUT2D eigenvalue weighted by molar-refractivity contribution is 0.102. The highest BCUT2D eigenvalue weighted by molar-refractivity contribution is 6.04. The first-order valence-corrected chi connectivity index (χ1v) is 8.49. The first-order chi connectivity index (χ1) is 12.1. The SMILES string of the molecule is CN1CCC(Oc2ccc(C(=O)Nc3cnn(CCF)c3)cc2)CC1. The lowest BCUT2D eigenvalue weighted by Crippen LogP contribution is -2.35. The number of halogens is 1. The van der Waals surface area contributed by atoms with Crippen LogP contribution < -0.4 is 10.1 Å². The first kappa shape index (κ1) is 17.4. The normalized spacial score (nSPS) is 15.9. The van der Waals surface area contributed by atoms with E-state index in [1.54, 1.807) is 18.3 Å². The predicted molar refractivity (Wildman–Crippen MR) is 93.7 cm³/mol. The summed E-state index contributed by atoms with van der Waals surface area (Å²) in [5.41, 5.74) is 1.08. The number of likely N-dealkylation sites (tertiary alicyclic amines) is 1. The van der Waals surface area contributed by atoms with Crippen LogP contribution in [0.25, 0.3) is 0 Å². The number of alkyl halides is 1. The Bertz CT molecular complexity index is 693. The molecule has 1 fully saturated rings. The number of aromatic nitrogens is 2. The molecule has 1 saturated heterocycles. The van der Waals surface area contributed by atoms with Crippen LogP contribution >= 0.6 is 0 Å². The third-order valence-electron chi connectivity index (χ3n) is 4.29. The van der Waals surface area contributed by atoms with E-state index in [0.717, 1.165) is 31.7 Å². The van der Waals surface area contributed by atoms with Crippen molar-refractivity contribution < 1.29 is 13.9 Å². The van der Waals surface area contributed by atoms with E-state index in [1.165, 1.54) is 10.9 Å². The molecule has 1 amide bonds. The zero-order valence-corrected chi connectivity index (χ0v) is 14.3. The van der Waals surface area contributed by atoms with Crippen LogP contribution in [0.1, 0.15) is 23.2 Å². The van der Waals surface area contributed by atoms with Crippen LogP contribution in [0.5, 0.6) is 5.75 Å². The molecule has 0 aliphatic carbocycles. The smallest absolute Gasteiger partial charge is 0.255 e. The quantitative estimate of drug-likeness (QED) is 0.873. The monoisotopic (exact) mass is 346 g/mol. The molecule has 2 aromatic rings. The van der Waals surface area contributed by atoms with Crippen molar-refractivity contribution in [3.05, 3.63) is 42.2 Å². The fraction of sp³-hybridized carbons (Fsp3) is 0.444. The number of anilines is 1. The molecule has 0 atom stereocenters. The van der Waals surface area contributed by atoms with Gasteiger partial charge in [0.1, 0.15) is 18.5 Å². The molecule has 1 aliphatic heterocycles. The number of carbonyl (C=O) groups is 1. The van der Waals surface area contributed by atoms with Crippen LogP contribution in [-0.2, 0) is 6.54 Å². The summed E-state index contributed by atoms with van der Waals surface area (Å²) in [6.45, 7) is 1.77. The van der Waals surface area contributed by atoms with Gasteiger partial charge in [-0.25, -0.2) is 4.39 Å². The maximum Gasteiger partial charge on any atom is 0.255 e. The van der Waals surface area contributed by atoms with Crippen molar-refractivity contribution in [3.8, 4) is 5.75 Å². The van der Waals surface area contributed by atoms with Gasteiger partial charge >= 0.3 is 0 Å². The van der Waals surface area contributed by atoms with Crippen molar-refractivity contribution in [1.29, 1.82) is 0 Å². The van der Waals surface area contributed by atoms with Crippen LogP contribution in [0.2, 0.25) is 0 Å². The van der Waals surface area contributed by atoms with Gasteiger partial charge in [0.2, 0.25) is 0 Å². The average Bonchev–Trinajstić information content (AvgIpc) is 3.05. The molecule has 1 aliphatic rings. The highest BCUT2D eigenvalue weighted by atomic mass is 19.1. The van der Waals surface area contributed by atoms with Crippen LogP contribution in [-0.4, -0.2) is 53.5 Å². The predicted octanol–water partition coefficient (Wildman–Crippen LogP) is 2.58. The number of nitrogens with one attached hydrogen (secondary N) is 1. The summed E-state index contributed by atoms with van der Waals surface area (Å²) in [6, 6.07) is 7.12. The Hall–Kier alpha value is -2.41. The van der Waals surface area contributed by atoms with Crippen molar-refractivity contribution in [2.45, 2.75) is 25.5 Å². The van der Waals surface area contributed by atoms with E-state index in [9.17, 15) is 9.18 Å². The molecule has 6 nitrogen and oxygen atoms in total. The summed E-state index contributed by atoms with van der Waals surface area (Å²) in [4.78, 5) is 14.5. The maximum atomic E-state index is 12.3. The van der Waals surface area contributed by atoms with Crippen LogP contribution in [0, 0.1) is 0 Å². The Kier molecular flexibility index (Phi) is 5.65. The minimum Gasteiger partial charge on any atom is -0.490 e. The second-order valence-corrected chi connectivity index (χ2v) is 6.28. The molecule has 134 valence electrons. The number of carbonyl (C=O) groups excluding carboxylic acids is 1. The lowest BCUT2D eigenvalue weighted by atomic mass is 10.1. The summed E-state index contributed by atoms with van der Waals surface area (Å²) in [5, 5.41) is 6.73. The fourth-order valence-corrected chi connectivity index (χ4v) is 2.82. The van der Waals surface area contributed by atoms with Crippen molar-refractivity contribution in [3.63, 3.8) is 0 Å². The molecule has 0 bridgehead atoms. The minimum absolute atomic E-state index is 0.179. The van der Waals surface area contributed by atoms with Crippen molar-refractivity contribution in [1.82, 2.24) is 14.7 Å². The zero-order chi connectivity index (χ0) is 17.6. The molecular weight excluding hydrogens is 323 g/mol. The van der Waals surface area contributed by atoms with Crippen LogP contribution in [0.3, 0.4) is 0 Å². The molecule has 0 saturated carbocycles. The number of benzene rings is 1. The first-order valence-electron chi connectivity index (χ1n) is 8.49. The summed E-state index contributed by atoms with van der Waals surface area (Å²) in [6.07, 6.45) is 5.38. The number of rotatable bonds is 6. The summed E-state index contributed by atoms with van der Waals surface area (Å²) in [7, 11) is 2.12. The molecule has 25 heavy (non-hydrogen) atoms. The molecule has 1 aromatic heterocycles. The molecule has 2 heterocycles.